The van der Waals surface area contributed by atoms with Gasteiger partial charge in [-0.15, -0.1) is 0 Å². The number of nitrogens with zero attached hydrogens (tertiary/aromatic N) is 2. The van der Waals surface area contributed by atoms with E-state index in [9.17, 15) is 38.2 Å². The van der Waals surface area contributed by atoms with Gasteiger partial charge < -0.3 is 14.5 Å². The highest BCUT2D eigenvalue weighted by Gasteiger charge is 2.34. The molecule has 0 unspecified atom stereocenters. The fraction of sp³-hybridized carbons (Fsp3) is 0.353. The first-order valence-corrected chi connectivity index (χ1v) is 8.35. The number of halogens is 3. The first-order chi connectivity index (χ1) is 13.8. The predicted molar refractivity (Wildman–Crippen MR) is 96.1 cm³/mol. The molecule has 0 amide bonds. The second-order valence-corrected chi connectivity index (χ2v) is 6.78. The number of rotatable bonds is 8. The summed E-state index contributed by atoms with van der Waals surface area (Å²) in [5.41, 5.74) is -2.96. The van der Waals surface area contributed by atoms with Crippen molar-refractivity contribution in [2.45, 2.75) is 32.0 Å². The monoisotopic (exact) mass is 431 g/mol. The number of nitro groups is 2. The van der Waals surface area contributed by atoms with Crippen LogP contribution in [0.5, 0.6) is 0 Å². The number of nitro benzene ring substituents is 1. The van der Waals surface area contributed by atoms with Gasteiger partial charge in [0.1, 0.15) is 10.6 Å². The van der Waals surface area contributed by atoms with E-state index in [0.29, 0.717) is 6.07 Å². The van der Waals surface area contributed by atoms with Gasteiger partial charge >= 0.3 is 18.0 Å². The molecule has 0 radical (unpaired) electrons. The van der Waals surface area contributed by atoms with Crippen molar-refractivity contribution in [1.29, 1.82) is 0 Å². The highest BCUT2D eigenvalue weighted by atomic mass is 19.4. The van der Waals surface area contributed by atoms with Crippen molar-refractivity contribution < 1.29 is 37.0 Å². The zero-order valence-electron chi connectivity index (χ0n) is 15.7. The zero-order valence-corrected chi connectivity index (χ0v) is 15.7. The van der Waals surface area contributed by atoms with Crippen LogP contribution in [-0.4, -0.2) is 28.0 Å². The van der Waals surface area contributed by atoms with Crippen LogP contribution in [0, 0.1) is 20.2 Å². The Morgan fingerprint density at radius 2 is 1.80 bits per heavy atom. The van der Waals surface area contributed by atoms with Gasteiger partial charge in [-0.3, -0.25) is 20.2 Å². The number of esters is 1. The molecule has 162 valence electrons. The summed E-state index contributed by atoms with van der Waals surface area (Å²) in [6.45, 7) is 3.00. The first kappa shape index (κ1) is 22.6. The van der Waals surface area contributed by atoms with Crippen molar-refractivity contribution in [1.82, 2.24) is 0 Å². The van der Waals surface area contributed by atoms with Gasteiger partial charge in [-0.05, 0) is 32.0 Å². The summed E-state index contributed by atoms with van der Waals surface area (Å²) < 4.78 is 48.0. The second kappa shape index (κ2) is 8.39. The minimum absolute atomic E-state index is 0.111. The van der Waals surface area contributed by atoms with E-state index in [-0.39, 0.29) is 24.5 Å². The molecule has 0 spiro atoms. The number of benzene rings is 1. The van der Waals surface area contributed by atoms with Gasteiger partial charge in [-0.1, -0.05) is 0 Å². The van der Waals surface area contributed by atoms with Gasteiger partial charge in [0.25, 0.3) is 5.69 Å². The summed E-state index contributed by atoms with van der Waals surface area (Å²) in [5, 5.41) is 24.5. The molecule has 0 aliphatic carbocycles. The number of hydrogen-bond acceptors (Lipinski definition) is 8. The summed E-state index contributed by atoms with van der Waals surface area (Å²) in [4.78, 5) is 31.8. The largest absolute Gasteiger partial charge is 0.460 e. The topological polar surface area (TPSA) is 138 Å². The van der Waals surface area contributed by atoms with E-state index in [0.717, 1.165) is 24.3 Å². The molecule has 10 nitrogen and oxygen atoms in total. The van der Waals surface area contributed by atoms with Gasteiger partial charge in [-0.25, -0.2) is 4.79 Å². The number of carbonyl (C=O) groups excluding carboxylic acids is 1. The molecule has 1 aromatic carbocycles. The smallest absolute Gasteiger partial charge is 0.433 e. The first-order valence-electron chi connectivity index (χ1n) is 8.35. The quantitative estimate of drug-likeness (QED) is 0.365. The van der Waals surface area contributed by atoms with E-state index < -0.39 is 44.7 Å². The molecule has 0 saturated carbocycles. The van der Waals surface area contributed by atoms with Crippen LogP contribution >= 0.6 is 0 Å². The number of furan rings is 1. The molecule has 2 aromatic rings. The summed E-state index contributed by atoms with van der Waals surface area (Å²) >= 11 is 0. The average molecular weight is 431 g/mol. The molecular weight excluding hydrogens is 415 g/mol. The molecule has 1 heterocycles. The molecule has 30 heavy (non-hydrogen) atoms. The van der Waals surface area contributed by atoms with E-state index in [1.807, 2.05) is 0 Å². The lowest BCUT2D eigenvalue weighted by Crippen LogP contribution is -2.33. The number of alkyl halides is 3. The van der Waals surface area contributed by atoms with E-state index in [4.69, 9.17) is 9.15 Å². The Morgan fingerprint density at radius 3 is 2.33 bits per heavy atom. The Balaban J connectivity index is 2.03. The Hall–Kier alpha value is -3.64. The fourth-order valence-corrected chi connectivity index (χ4v) is 2.40. The summed E-state index contributed by atoms with van der Waals surface area (Å²) in [7, 11) is 0. The second-order valence-electron chi connectivity index (χ2n) is 6.78. The van der Waals surface area contributed by atoms with Crippen LogP contribution in [0.2, 0.25) is 0 Å². The van der Waals surface area contributed by atoms with E-state index in [2.05, 4.69) is 5.32 Å². The number of hydrogen-bond donors (Lipinski definition) is 1. The van der Waals surface area contributed by atoms with Crippen molar-refractivity contribution >= 4 is 23.2 Å². The third-order valence-electron chi connectivity index (χ3n) is 3.93. The maximum absolute atomic E-state index is 12.8. The summed E-state index contributed by atoms with van der Waals surface area (Å²) in [6, 6.07) is 4.18. The van der Waals surface area contributed by atoms with Crippen molar-refractivity contribution in [3.63, 3.8) is 0 Å². The fourth-order valence-electron chi connectivity index (χ4n) is 2.40. The van der Waals surface area contributed by atoms with Gasteiger partial charge in [0.2, 0.25) is 5.76 Å². The lowest BCUT2D eigenvalue weighted by molar-refractivity contribution is -0.402. The lowest BCUT2D eigenvalue weighted by Gasteiger charge is -2.27. The van der Waals surface area contributed by atoms with Crippen LogP contribution in [0.15, 0.2) is 34.7 Å². The third-order valence-corrected chi connectivity index (χ3v) is 3.93. The highest BCUT2D eigenvalue weighted by Crippen LogP contribution is 2.36. The van der Waals surface area contributed by atoms with Gasteiger partial charge in [-0.2, -0.15) is 13.2 Å². The maximum Gasteiger partial charge on any atom is 0.433 e. The maximum atomic E-state index is 12.8. The zero-order chi connectivity index (χ0) is 22.7. The predicted octanol–water partition coefficient (Wildman–Crippen LogP) is 4.55. The number of nitrogens with one attached hydrogen (secondary N) is 1. The Bertz CT molecular complexity index is 970. The molecule has 0 saturated heterocycles. The molecule has 0 fully saturated rings. The molecule has 1 aromatic heterocycles. The minimum atomic E-state index is -4.73. The third kappa shape index (κ3) is 5.68. The van der Waals surface area contributed by atoms with E-state index >= 15 is 0 Å². The van der Waals surface area contributed by atoms with Crippen molar-refractivity contribution in [3.8, 4) is 0 Å². The molecule has 0 bridgehead atoms. The van der Waals surface area contributed by atoms with Gasteiger partial charge in [0.15, 0.2) is 0 Å². The summed E-state index contributed by atoms with van der Waals surface area (Å²) in [5.74, 6) is -1.94. The van der Waals surface area contributed by atoms with Crippen molar-refractivity contribution in [2.24, 2.45) is 0 Å². The standard InChI is InChI=1S/C17H16F3N3O7/c1-16(2,7-8-29-15(24)13-5-6-14(30-13)23(27)28)21-11-4-3-10(17(18,19)20)9-12(11)22(25)26/h3-6,9,21H,7-8H2,1-2H3. The van der Waals surface area contributed by atoms with Crippen LogP contribution < -0.4 is 5.32 Å². The molecule has 13 heteroatoms. The lowest BCUT2D eigenvalue weighted by atomic mass is 10.00. The highest BCUT2D eigenvalue weighted by molar-refractivity contribution is 5.86. The SMILES string of the molecule is CC(C)(CCOC(=O)c1ccc([N+](=O)[O-])o1)Nc1ccc(C(F)(F)F)cc1[N+](=O)[O-]. The van der Waals surface area contributed by atoms with Gasteiger partial charge in [0.05, 0.1) is 23.2 Å². The number of ether oxygens (including phenoxy) is 1. The van der Waals surface area contributed by atoms with E-state index in [1.165, 1.54) is 0 Å². The molecule has 0 atom stereocenters. The van der Waals surface area contributed by atoms with E-state index in [1.54, 1.807) is 13.8 Å². The molecule has 0 aliphatic heterocycles. The van der Waals surface area contributed by atoms with Crippen LogP contribution in [-0.2, 0) is 10.9 Å². The Morgan fingerprint density at radius 1 is 1.13 bits per heavy atom. The van der Waals surface area contributed by atoms with Crippen molar-refractivity contribution in [2.75, 3.05) is 11.9 Å². The van der Waals surface area contributed by atoms with Crippen LogP contribution in [0.4, 0.5) is 30.4 Å². The number of anilines is 1. The Labute approximate surface area is 166 Å². The molecule has 2 rings (SSSR count). The molecular formula is C17H16F3N3O7. The normalized spacial score (nSPS) is 11.8. The minimum Gasteiger partial charge on any atom is -0.460 e. The van der Waals surface area contributed by atoms with Gasteiger partial charge in [0, 0.05) is 18.0 Å². The van der Waals surface area contributed by atoms with Crippen LogP contribution in [0.3, 0.4) is 0 Å². The van der Waals surface area contributed by atoms with Crippen molar-refractivity contribution in [3.05, 3.63) is 61.9 Å². The number of carbonyl (C=O) groups is 1. The summed E-state index contributed by atoms with van der Waals surface area (Å²) in [6.07, 6.45) is -4.62. The van der Waals surface area contributed by atoms with Crippen LogP contribution in [0.25, 0.3) is 0 Å². The Kier molecular flexibility index (Phi) is 6.33. The molecule has 1 N–H and O–H groups in total. The van der Waals surface area contributed by atoms with Crippen LogP contribution in [0.1, 0.15) is 36.4 Å². The molecule has 0 aliphatic rings. The average Bonchev–Trinajstić information content (AvgIpc) is 3.10.